The van der Waals surface area contributed by atoms with E-state index in [1.807, 2.05) is 0 Å². The average Bonchev–Trinajstić information content (AvgIpc) is 2.26. The number of carbonyl (C=O) groups is 1. The summed E-state index contributed by atoms with van der Waals surface area (Å²) in [5.74, 6) is -1.23. The molecule has 1 aromatic rings. The lowest BCUT2D eigenvalue weighted by Gasteiger charge is -2.28. The first-order chi connectivity index (χ1) is 8.06. The van der Waals surface area contributed by atoms with Crippen molar-refractivity contribution in [1.29, 1.82) is 0 Å². The van der Waals surface area contributed by atoms with Gasteiger partial charge < -0.3 is 10.8 Å². The summed E-state index contributed by atoms with van der Waals surface area (Å²) in [6.07, 6.45) is -3.80. The minimum Gasteiger partial charge on any atom is -0.480 e. The zero-order valence-electron chi connectivity index (χ0n) is 9.82. The van der Waals surface area contributed by atoms with Gasteiger partial charge in [0.05, 0.1) is 5.56 Å². The lowest BCUT2D eigenvalue weighted by atomic mass is 9.81. The highest BCUT2D eigenvalue weighted by molar-refractivity contribution is 5.75. The van der Waals surface area contributed by atoms with E-state index in [2.05, 4.69) is 4.98 Å². The molecule has 0 fully saturated rings. The summed E-state index contributed by atoms with van der Waals surface area (Å²) in [7, 11) is 0. The molecule has 0 aliphatic carbocycles. The summed E-state index contributed by atoms with van der Waals surface area (Å²) in [5, 5.41) is 8.83. The highest BCUT2D eigenvalue weighted by Crippen LogP contribution is 2.31. The van der Waals surface area contributed by atoms with E-state index in [0.717, 1.165) is 12.1 Å². The molecule has 18 heavy (non-hydrogen) atoms. The Morgan fingerprint density at radius 3 is 2.28 bits per heavy atom. The first kappa shape index (κ1) is 14.4. The quantitative estimate of drug-likeness (QED) is 0.870. The van der Waals surface area contributed by atoms with Crippen molar-refractivity contribution in [2.75, 3.05) is 0 Å². The Labute approximate surface area is 102 Å². The minimum atomic E-state index is -4.47. The summed E-state index contributed by atoms with van der Waals surface area (Å²) in [6, 6.07) is 0.756. The van der Waals surface area contributed by atoms with Crippen molar-refractivity contribution in [3.63, 3.8) is 0 Å². The first-order valence-corrected chi connectivity index (χ1v) is 5.09. The third-order valence-corrected chi connectivity index (χ3v) is 2.79. The zero-order valence-corrected chi connectivity index (χ0v) is 9.82. The largest absolute Gasteiger partial charge is 0.480 e. The van der Waals surface area contributed by atoms with Crippen LogP contribution in [0.25, 0.3) is 0 Å². The Kier molecular flexibility index (Phi) is 3.66. The van der Waals surface area contributed by atoms with Crippen molar-refractivity contribution in [3.05, 3.63) is 29.6 Å². The van der Waals surface area contributed by atoms with Gasteiger partial charge in [-0.05, 0) is 12.1 Å². The van der Waals surface area contributed by atoms with Crippen LogP contribution in [0.1, 0.15) is 25.1 Å². The second-order valence-electron chi connectivity index (χ2n) is 4.47. The molecular formula is C11H13F3N2O2. The van der Waals surface area contributed by atoms with Gasteiger partial charge in [0.1, 0.15) is 6.04 Å². The van der Waals surface area contributed by atoms with Gasteiger partial charge in [-0.2, -0.15) is 13.2 Å². The van der Waals surface area contributed by atoms with Crippen LogP contribution < -0.4 is 5.73 Å². The van der Waals surface area contributed by atoms with Gasteiger partial charge in [0.15, 0.2) is 0 Å². The molecule has 1 rings (SSSR count). The molecule has 0 bridgehead atoms. The van der Waals surface area contributed by atoms with E-state index in [0.29, 0.717) is 6.20 Å². The van der Waals surface area contributed by atoms with E-state index in [-0.39, 0.29) is 5.69 Å². The van der Waals surface area contributed by atoms with E-state index in [1.54, 1.807) is 0 Å². The second-order valence-corrected chi connectivity index (χ2v) is 4.47. The molecule has 7 heteroatoms. The smallest absolute Gasteiger partial charge is 0.417 e. The summed E-state index contributed by atoms with van der Waals surface area (Å²) < 4.78 is 37.0. The van der Waals surface area contributed by atoms with E-state index in [4.69, 9.17) is 10.8 Å². The Morgan fingerprint density at radius 2 is 1.94 bits per heavy atom. The van der Waals surface area contributed by atoms with Gasteiger partial charge in [0.25, 0.3) is 0 Å². The van der Waals surface area contributed by atoms with Crippen LogP contribution in [0.5, 0.6) is 0 Å². The fraction of sp³-hybridized carbons (Fsp3) is 0.455. The number of pyridine rings is 1. The number of alkyl halides is 3. The highest BCUT2D eigenvalue weighted by atomic mass is 19.4. The first-order valence-electron chi connectivity index (χ1n) is 5.09. The Bertz CT molecular complexity index is 441. The molecular weight excluding hydrogens is 249 g/mol. The van der Waals surface area contributed by atoms with E-state index < -0.39 is 29.2 Å². The van der Waals surface area contributed by atoms with E-state index in [9.17, 15) is 18.0 Å². The number of hydrogen-bond acceptors (Lipinski definition) is 3. The number of nitrogens with two attached hydrogens (primary N) is 1. The maximum atomic E-state index is 12.3. The van der Waals surface area contributed by atoms with Gasteiger partial charge in [0, 0.05) is 17.3 Å². The molecule has 0 spiro atoms. The Morgan fingerprint density at radius 1 is 1.39 bits per heavy atom. The molecule has 3 N–H and O–H groups in total. The number of carboxylic acids is 1. The molecule has 1 atom stereocenters. The topological polar surface area (TPSA) is 76.2 Å². The molecule has 1 unspecified atom stereocenters. The Hall–Kier alpha value is -1.63. The van der Waals surface area contributed by atoms with Crippen LogP contribution >= 0.6 is 0 Å². The van der Waals surface area contributed by atoms with Gasteiger partial charge in [-0.3, -0.25) is 9.78 Å². The fourth-order valence-electron chi connectivity index (χ4n) is 1.41. The number of halogens is 3. The highest BCUT2D eigenvalue weighted by Gasteiger charge is 2.36. The number of aromatic nitrogens is 1. The predicted octanol–water partition coefficient (Wildman–Crippen LogP) is 1.79. The number of nitrogens with zero attached hydrogens (tertiary/aromatic N) is 1. The summed E-state index contributed by atoms with van der Waals surface area (Å²) in [6.45, 7) is 3.03. The van der Waals surface area contributed by atoms with Crippen molar-refractivity contribution in [2.24, 2.45) is 5.73 Å². The summed E-state index contributed by atoms with van der Waals surface area (Å²) >= 11 is 0. The van der Waals surface area contributed by atoms with Gasteiger partial charge in [0.2, 0.25) is 0 Å². The molecule has 1 aromatic heterocycles. The van der Waals surface area contributed by atoms with Crippen LogP contribution in [-0.2, 0) is 16.4 Å². The standard InChI is InChI=1S/C11H13F3N2O2/c1-10(2,8(15)9(17)18)7-4-3-6(5-16-7)11(12,13)14/h3-5,8H,15H2,1-2H3,(H,17,18). The van der Waals surface area contributed by atoms with Crippen molar-refractivity contribution in [2.45, 2.75) is 31.5 Å². The maximum Gasteiger partial charge on any atom is 0.417 e. The molecule has 0 saturated heterocycles. The molecule has 0 saturated carbocycles. The van der Waals surface area contributed by atoms with Crippen molar-refractivity contribution >= 4 is 5.97 Å². The second kappa shape index (κ2) is 4.56. The van der Waals surface area contributed by atoms with Crippen molar-refractivity contribution in [1.82, 2.24) is 4.98 Å². The fourth-order valence-corrected chi connectivity index (χ4v) is 1.41. The van der Waals surface area contributed by atoms with Crippen LogP contribution in [0.15, 0.2) is 18.3 Å². The summed E-state index contributed by atoms with van der Waals surface area (Å²) in [5.41, 5.74) is 3.74. The van der Waals surface area contributed by atoms with E-state index in [1.165, 1.54) is 13.8 Å². The molecule has 4 nitrogen and oxygen atoms in total. The van der Waals surface area contributed by atoms with Crippen molar-refractivity contribution in [3.8, 4) is 0 Å². The molecule has 1 heterocycles. The van der Waals surface area contributed by atoms with Crippen LogP contribution in [0, 0.1) is 0 Å². The summed E-state index contributed by atoms with van der Waals surface area (Å²) in [4.78, 5) is 14.5. The number of hydrogen-bond donors (Lipinski definition) is 2. The van der Waals surface area contributed by atoms with Gasteiger partial charge in [-0.15, -0.1) is 0 Å². The van der Waals surface area contributed by atoms with Crippen LogP contribution in [0.2, 0.25) is 0 Å². The molecule has 0 amide bonds. The number of carboxylic acid groups (broad SMARTS) is 1. The maximum absolute atomic E-state index is 12.3. The Balaban J connectivity index is 3.08. The predicted molar refractivity (Wildman–Crippen MR) is 57.9 cm³/mol. The molecule has 0 aromatic carbocycles. The van der Waals surface area contributed by atoms with E-state index >= 15 is 0 Å². The molecule has 0 radical (unpaired) electrons. The SMILES string of the molecule is CC(C)(c1ccc(C(F)(F)F)cn1)C(N)C(=O)O. The molecule has 0 aliphatic rings. The van der Waals surface area contributed by atoms with Crippen LogP contribution in [-0.4, -0.2) is 22.1 Å². The van der Waals surface area contributed by atoms with Gasteiger partial charge in [-0.1, -0.05) is 13.8 Å². The average molecular weight is 262 g/mol. The van der Waals surface area contributed by atoms with Crippen LogP contribution in [0.4, 0.5) is 13.2 Å². The number of rotatable bonds is 3. The lowest BCUT2D eigenvalue weighted by Crippen LogP contribution is -2.47. The lowest BCUT2D eigenvalue weighted by molar-refractivity contribution is -0.140. The minimum absolute atomic E-state index is 0.199. The molecule has 100 valence electrons. The third-order valence-electron chi connectivity index (χ3n) is 2.79. The monoisotopic (exact) mass is 262 g/mol. The van der Waals surface area contributed by atoms with Gasteiger partial charge >= 0.3 is 12.1 Å². The normalized spacial score (nSPS) is 14.3. The van der Waals surface area contributed by atoms with Crippen molar-refractivity contribution < 1.29 is 23.1 Å². The number of aliphatic carboxylic acids is 1. The molecule has 0 aliphatic heterocycles. The van der Waals surface area contributed by atoms with Gasteiger partial charge in [-0.25, -0.2) is 0 Å². The zero-order chi connectivity index (χ0) is 14.1. The third kappa shape index (κ3) is 2.79. The van der Waals surface area contributed by atoms with Crippen LogP contribution in [0.3, 0.4) is 0 Å².